The number of amides is 1. The largest absolute Gasteiger partial charge is 0.374 e. The van der Waals surface area contributed by atoms with Crippen LogP contribution < -0.4 is 0 Å². The number of likely N-dealkylation sites (tertiary alicyclic amines) is 1. The smallest absolute Gasteiger partial charge is 0.230 e. The van der Waals surface area contributed by atoms with Gasteiger partial charge >= 0.3 is 0 Å². The molecular formula is C27H31N3O3. The van der Waals surface area contributed by atoms with Gasteiger partial charge in [-0.2, -0.15) is 0 Å². The highest BCUT2D eigenvalue weighted by atomic mass is 16.5. The van der Waals surface area contributed by atoms with E-state index in [1.807, 2.05) is 18.4 Å². The predicted molar refractivity (Wildman–Crippen MR) is 130 cm³/mol. The summed E-state index contributed by atoms with van der Waals surface area (Å²) in [6.07, 6.45) is 15.0. The molecule has 6 heteroatoms. The number of hydrogen-bond donors (Lipinski definition) is 1. The molecule has 4 unspecified atom stereocenters. The molecule has 1 saturated heterocycles. The summed E-state index contributed by atoms with van der Waals surface area (Å²) in [6.45, 7) is 0.718. The van der Waals surface area contributed by atoms with Crippen molar-refractivity contribution in [3.8, 4) is 0 Å². The van der Waals surface area contributed by atoms with Crippen LogP contribution in [0.2, 0.25) is 0 Å². The zero-order valence-corrected chi connectivity index (χ0v) is 19.2. The van der Waals surface area contributed by atoms with Crippen molar-refractivity contribution < 1.29 is 14.3 Å². The molecule has 1 aliphatic carbocycles. The molecule has 2 aliphatic heterocycles. The third-order valence-electron chi connectivity index (χ3n) is 7.14. The minimum atomic E-state index is -0.152. The van der Waals surface area contributed by atoms with Gasteiger partial charge in [-0.1, -0.05) is 24.3 Å². The first-order valence-corrected chi connectivity index (χ1v) is 11.7. The SMILES string of the molecule is COC1C=C2CCN(C(=O)C3C=CN=CC3)C(CCc3c[nH]c4ccccc34)C2=CC1OC. The van der Waals surface area contributed by atoms with E-state index >= 15 is 0 Å². The molecular weight excluding hydrogens is 414 g/mol. The number of piperidine rings is 1. The maximum atomic E-state index is 13.6. The molecule has 4 atom stereocenters. The summed E-state index contributed by atoms with van der Waals surface area (Å²) in [4.78, 5) is 23.2. The summed E-state index contributed by atoms with van der Waals surface area (Å²) in [7, 11) is 3.43. The van der Waals surface area contributed by atoms with Crippen molar-refractivity contribution in [3.63, 3.8) is 0 Å². The lowest BCUT2D eigenvalue weighted by Crippen LogP contribution is -2.49. The zero-order valence-electron chi connectivity index (χ0n) is 19.2. The van der Waals surface area contributed by atoms with Gasteiger partial charge in [-0.25, -0.2) is 0 Å². The highest BCUT2D eigenvalue weighted by Crippen LogP contribution is 2.37. The summed E-state index contributed by atoms with van der Waals surface area (Å²) in [5.74, 6) is 0.0434. The van der Waals surface area contributed by atoms with Crippen LogP contribution in [0.15, 0.2) is 71.0 Å². The van der Waals surface area contributed by atoms with Crippen LogP contribution in [0, 0.1) is 5.92 Å². The van der Waals surface area contributed by atoms with Crippen molar-refractivity contribution in [2.45, 2.75) is 43.9 Å². The summed E-state index contributed by atoms with van der Waals surface area (Å²) in [5, 5.41) is 1.25. The van der Waals surface area contributed by atoms with Crippen LogP contribution in [0.25, 0.3) is 10.9 Å². The number of fused-ring (bicyclic) bond motifs is 2. The van der Waals surface area contributed by atoms with E-state index in [9.17, 15) is 4.79 Å². The molecule has 0 bridgehead atoms. The van der Waals surface area contributed by atoms with Crippen LogP contribution in [0.4, 0.5) is 0 Å². The van der Waals surface area contributed by atoms with Gasteiger partial charge in [0.2, 0.25) is 5.91 Å². The highest BCUT2D eigenvalue weighted by molar-refractivity contribution is 5.85. The molecule has 1 N–H and O–H groups in total. The molecule has 3 heterocycles. The number of carbonyl (C=O) groups excluding carboxylic acids is 1. The molecule has 33 heavy (non-hydrogen) atoms. The molecule has 0 spiro atoms. The normalized spacial score (nSPS) is 26.8. The van der Waals surface area contributed by atoms with E-state index in [0.717, 1.165) is 31.3 Å². The minimum Gasteiger partial charge on any atom is -0.374 e. The average molecular weight is 446 g/mol. The number of H-pyrrole nitrogens is 1. The summed E-state index contributed by atoms with van der Waals surface area (Å²) in [6, 6.07) is 8.39. The second-order valence-corrected chi connectivity index (χ2v) is 8.93. The van der Waals surface area contributed by atoms with Crippen LogP contribution in [-0.2, 0) is 20.7 Å². The van der Waals surface area contributed by atoms with E-state index in [-0.39, 0.29) is 30.1 Å². The zero-order chi connectivity index (χ0) is 22.8. The highest BCUT2D eigenvalue weighted by Gasteiger charge is 2.38. The third kappa shape index (κ3) is 4.21. The Hall–Kier alpha value is -2.96. The second kappa shape index (κ2) is 9.49. The van der Waals surface area contributed by atoms with E-state index < -0.39 is 0 Å². The standard InChI is InChI=1S/C27H31N3O3/c1-32-25-15-19-11-14-30(27(31)18-9-12-28-13-10-18)24(22(19)16-26(25)33-2)8-7-20-17-29-23-6-4-3-5-21(20)23/h3-6,9,12-13,15-18,24-26,29H,7-8,10-11,14H2,1-2H3. The van der Waals surface area contributed by atoms with Gasteiger partial charge in [0.05, 0.1) is 12.0 Å². The Labute approximate surface area is 194 Å². The number of aryl methyl sites for hydroxylation is 1. The minimum absolute atomic E-state index is 0.00823. The molecule has 5 rings (SSSR count). The fourth-order valence-corrected chi connectivity index (χ4v) is 5.36. The van der Waals surface area contributed by atoms with E-state index in [1.54, 1.807) is 20.4 Å². The molecule has 0 radical (unpaired) electrons. The van der Waals surface area contributed by atoms with Gasteiger partial charge in [0, 0.05) is 50.3 Å². The quantitative estimate of drug-likeness (QED) is 0.725. The molecule has 0 saturated carbocycles. The van der Waals surface area contributed by atoms with Crippen LogP contribution in [0.5, 0.6) is 0 Å². The van der Waals surface area contributed by atoms with Crippen molar-refractivity contribution >= 4 is 23.0 Å². The van der Waals surface area contributed by atoms with Crippen molar-refractivity contribution in [2.75, 3.05) is 20.8 Å². The van der Waals surface area contributed by atoms with E-state index in [4.69, 9.17) is 9.47 Å². The number of benzene rings is 1. The Bertz CT molecular complexity index is 1140. The molecule has 172 valence electrons. The number of methoxy groups -OCH3 is 2. The molecule has 1 aromatic heterocycles. The van der Waals surface area contributed by atoms with Gasteiger partial charge in [0.15, 0.2) is 0 Å². The summed E-state index contributed by atoms with van der Waals surface area (Å²) < 4.78 is 11.4. The van der Waals surface area contributed by atoms with Crippen molar-refractivity contribution in [3.05, 3.63) is 71.6 Å². The number of carbonyl (C=O) groups is 1. The number of ether oxygens (including phenoxy) is 2. The number of rotatable bonds is 6. The fraction of sp³-hybridized carbons (Fsp3) is 0.407. The summed E-state index contributed by atoms with van der Waals surface area (Å²) >= 11 is 0. The van der Waals surface area contributed by atoms with Crippen molar-refractivity contribution in [1.82, 2.24) is 9.88 Å². The Morgan fingerprint density at radius 2 is 2.00 bits per heavy atom. The van der Waals surface area contributed by atoms with E-state index in [2.05, 4.69) is 51.4 Å². The predicted octanol–water partition coefficient (Wildman–Crippen LogP) is 4.20. The Balaban J connectivity index is 1.45. The molecule has 6 nitrogen and oxygen atoms in total. The fourth-order valence-electron chi connectivity index (χ4n) is 5.36. The number of aromatic nitrogens is 1. The van der Waals surface area contributed by atoms with Gasteiger partial charge in [-0.05, 0) is 60.6 Å². The molecule has 1 fully saturated rings. The Morgan fingerprint density at radius 3 is 2.79 bits per heavy atom. The number of nitrogens with zero attached hydrogens (tertiary/aromatic N) is 2. The average Bonchev–Trinajstić information content (AvgIpc) is 3.29. The first-order valence-electron chi connectivity index (χ1n) is 11.7. The first-order chi connectivity index (χ1) is 16.2. The van der Waals surface area contributed by atoms with Gasteiger partial charge in [0.1, 0.15) is 12.2 Å². The van der Waals surface area contributed by atoms with Crippen molar-refractivity contribution in [2.24, 2.45) is 10.9 Å². The lowest BCUT2D eigenvalue weighted by atomic mass is 9.81. The van der Waals surface area contributed by atoms with Gasteiger partial charge in [0.25, 0.3) is 0 Å². The Kier molecular flexibility index (Phi) is 6.29. The topological polar surface area (TPSA) is 66.9 Å². The van der Waals surface area contributed by atoms with Crippen LogP contribution in [0.1, 0.15) is 24.8 Å². The van der Waals surface area contributed by atoms with Crippen LogP contribution in [0.3, 0.4) is 0 Å². The van der Waals surface area contributed by atoms with Gasteiger partial charge in [-0.15, -0.1) is 0 Å². The van der Waals surface area contributed by atoms with Crippen LogP contribution >= 0.6 is 0 Å². The molecule has 3 aliphatic rings. The summed E-state index contributed by atoms with van der Waals surface area (Å²) in [5.41, 5.74) is 4.93. The molecule has 1 amide bonds. The maximum Gasteiger partial charge on any atom is 0.230 e. The second-order valence-electron chi connectivity index (χ2n) is 8.93. The van der Waals surface area contributed by atoms with E-state index in [0.29, 0.717) is 6.42 Å². The number of hydrogen-bond acceptors (Lipinski definition) is 4. The maximum absolute atomic E-state index is 13.6. The van der Waals surface area contributed by atoms with Gasteiger partial charge < -0.3 is 19.4 Å². The van der Waals surface area contributed by atoms with Gasteiger partial charge in [-0.3, -0.25) is 9.79 Å². The van der Waals surface area contributed by atoms with Crippen molar-refractivity contribution in [1.29, 1.82) is 0 Å². The molecule has 2 aromatic rings. The van der Waals surface area contributed by atoms with Crippen LogP contribution in [-0.4, -0.2) is 61.0 Å². The first kappa shape index (κ1) is 21.9. The number of para-hydroxylation sites is 1. The monoisotopic (exact) mass is 445 g/mol. The number of aliphatic imine (C=N–C) groups is 1. The lowest BCUT2D eigenvalue weighted by Gasteiger charge is -2.43. The number of nitrogens with one attached hydrogen (secondary N) is 1. The molecule has 1 aromatic carbocycles. The van der Waals surface area contributed by atoms with E-state index in [1.165, 1.54) is 22.1 Å². The lowest BCUT2D eigenvalue weighted by molar-refractivity contribution is -0.136. The number of aromatic amines is 1. The Morgan fingerprint density at radius 1 is 1.18 bits per heavy atom. The third-order valence-corrected chi connectivity index (χ3v) is 7.14.